The van der Waals surface area contributed by atoms with E-state index in [1.165, 1.54) is 18.2 Å². The first-order valence-corrected chi connectivity index (χ1v) is 6.42. The van der Waals surface area contributed by atoms with Gasteiger partial charge in [-0.05, 0) is 25.0 Å². The predicted octanol–water partition coefficient (Wildman–Crippen LogP) is 3.42. The van der Waals surface area contributed by atoms with E-state index in [1.54, 1.807) is 0 Å². The van der Waals surface area contributed by atoms with Crippen molar-refractivity contribution in [1.82, 2.24) is 5.16 Å². The molecular formula is C13H9ClN2O4. The third-order valence-electron chi connectivity index (χ3n) is 3.26. The van der Waals surface area contributed by atoms with Crippen molar-refractivity contribution in [3.8, 4) is 11.3 Å². The topological polar surface area (TPSA) is 86.2 Å². The molecule has 0 radical (unpaired) electrons. The van der Waals surface area contributed by atoms with Crippen molar-refractivity contribution in [2.75, 3.05) is 0 Å². The Balaban J connectivity index is 2.24. The van der Waals surface area contributed by atoms with Gasteiger partial charge in [0.15, 0.2) is 11.5 Å². The number of nitro benzene ring substituents is 1. The molecule has 102 valence electrons. The predicted molar refractivity (Wildman–Crippen MR) is 70.9 cm³/mol. The number of aryl methyl sites for hydroxylation is 1. The molecule has 6 nitrogen and oxygen atoms in total. The van der Waals surface area contributed by atoms with E-state index >= 15 is 0 Å². The maximum Gasteiger partial charge on any atom is 0.280 e. The van der Waals surface area contributed by atoms with Gasteiger partial charge in [-0.1, -0.05) is 16.8 Å². The highest BCUT2D eigenvalue weighted by molar-refractivity contribution is 6.31. The standard InChI is InChI=1S/C13H9ClN2O4/c14-7-4-5-10(16(18)19)8(6-7)13-12-9(15-20-13)2-1-3-11(12)17/h4-6H,1-3H2. The summed E-state index contributed by atoms with van der Waals surface area (Å²) in [6.45, 7) is 0. The van der Waals surface area contributed by atoms with Crippen LogP contribution in [0.2, 0.25) is 5.02 Å². The van der Waals surface area contributed by atoms with Gasteiger partial charge in [0.1, 0.15) is 0 Å². The number of hydrogen-bond acceptors (Lipinski definition) is 5. The highest BCUT2D eigenvalue weighted by Crippen LogP contribution is 2.37. The second-order valence-corrected chi connectivity index (χ2v) is 4.97. The molecule has 0 aliphatic heterocycles. The summed E-state index contributed by atoms with van der Waals surface area (Å²) in [6.07, 6.45) is 1.75. The molecule has 0 spiro atoms. The Morgan fingerprint density at radius 1 is 1.35 bits per heavy atom. The zero-order valence-electron chi connectivity index (χ0n) is 10.3. The minimum absolute atomic E-state index is 0.100. The second kappa shape index (κ2) is 4.72. The first-order chi connectivity index (χ1) is 9.58. The van der Waals surface area contributed by atoms with E-state index in [0.29, 0.717) is 29.1 Å². The first-order valence-electron chi connectivity index (χ1n) is 6.04. The smallest absolute Gasteiger partial charge is 0.280 e. The second-order valence-electron chi connectivity index (χ2n) is 4.53. The molecule has 0 saturated carbocycles. The van der Waals surface area contributed by atoms with Gasteiger partial charge in [0.05, 0.1) is 21.7 Å². The first kappa shape index (κ1) is 12.8. The Kier molecular flexibility index (Phi) is 3.02. The van der Waals surface area contributed by atoms with Crippen molar-refractivity contribution in [2.45, 2.75) is 19.3 Å². The molecular weight excluding hydrogens is 284 g/mol. The molecule has 1 heterocycles. The van der Waals surface area contributed by atoms with Crippen LogP contribution in [0, 0.1) is 10.1 Å². The lowest BCUT2D eigenvalue weighted by atomic mass is 9.92. The van der Waals surface area contributed by atoms with Gasteiger partial charge in [0.2, 0.25) is 0 Å². The average Bonchev–Trinajstić information content (AvgIpc) is 2.83. The van der Waals surface area contributed by atoms with E-state index in [-0.39, 0.29) is 22.8 Å². The maximum absolute atomic E-state index is 12.0. The van der Waals surface area contributed by atoms with E-state index in [9.17, 15) is 14.9 Å². The third kappa shape index (κ3) is 1.98. The lowest BCUT2D eigenvalue weighted by Gasteiger charge is -2.08. The van der Waals surface area contributed by atoms with Crippen LogP contribution in [-0.2, 0) is 6.42 Å². The van der Waals surface area contributed by atoms with Crippen LogP contribution in [0.1, 0.15) is 28.9 Å². The van der Waals surface area contributed by atoms with Crippen LogP contribution < -0.4 is 0 Å². The lowest BCUT2D eigenvalue weighted by Crippen LogP contribution is -2.10. The number of carbonyl (C=O) groups excluding carboxylic acids is 1. The highest BCUT2D eigenvalue weighted by atomic mass is 35.5. The molecule has 1 aromatic carbocycles. The quantitative estimate of drug-likeness (QED) is 0.625. The van der Waals surface area contributed by atoms with Crippen molar-refractivity contribution in [2.24, 2.45) is 0 Å². The normalized spacial score (nSPS) is 14.2. The number of nitrogens with zero attached hydrogens (tertiary/aromatic N) is 2. The van der Waals surface area contributed by atoms with Gasteiger partial charge < -0.3 is 4.52 Å². The van der Waals surface area contributed by atoms with Crippen LogP contribution in [0.5, 0.6) is 0 Å². The molecule has 0 unspecified atom stereocenters. The van der Waals surface area contributed by atoms with Gasteiger partial charge in [-0.15, -0.1) is 0 Å². The Morgan fingerprint density at radius 2 is 2.15 bits per heavy atom. The molecule has 0 atom stereocenters. The summed E-state index contributed by atoms with van der Waals surface area (Å²) in [6, 6.07) is 4.13. The number of benzene rings is 1. The number of Topliss-reactive ketones (excluding diaryl/α,β-unsaturated/α-hetero) is 1. The third-order valence-corrected chi connectivity index (χ3v) is 3.49. The Bertz CT molecular complexity index is 723. The number of aromatic nitrogens is 1. The average molecular weight is 293 g/mol. The van der Waals surface area contributed by atoms with Crippen molar-refractivity contribution in [3.05, 3.63) is 44.6 Å². The van der Waals surface area contributed by atoms with E-state index in [2.05, 4.69) is 5.16 Å². The molecule has 0 amide bonds. The Labute approximate surface area is 118 Å². The summed E-state index contributed by atoms with van der Waals surface area (Å²) in [5.41, 5.74) is 0.936. The fourth-order valence-corrected chi connectivity index (χ4v) is 2.53. The minimum Gasteiger partial charge on any atom is -0.355 e. The van der Waals surface area contributed by atoms with Crippen LogP contribution in [0.25, 0.3) is 11.3 Å². The van der Waals surface area contributed by atoms with Crippen LogP contribution in [-0.4, -0.2) is 15.9 Å². The van der Waals surface area contributed by atoms with Crippen LogP contribution in [0.15, 0.2) is 22.7 Å². The van der Waals surface area contributed by atoms with Crippen molar-refractivity contribution < 1.29 is 14.2 Å². The molecule has 1 aliphatic rings. The largest absolute Gasteiger partial charge is 0.355 e. The number of nitro groups is 1. The van der Waals surface area contributed by atoms with Crippen LogP contribution in [0.3, 0.4) is 0 Å². The number of halogens is 1. The summed E-state index contributed by atoms with van der Waals surface area (Å²) in [4.78, 5) is 22.6. The van der Waals surface area contributed by atoms with Crippen molar-refractivity contribution >= 4 is 23.1 Å². The molecule has 7 heteroatoms. The zero-order chi connectivity index (χ0) is 14.3. The summed E-state index contributed by atoms with van der Waals surface area (Å²) < 4.78 is 5.19. The molecule has 1 aromatic heterocycles. The highest BCUT2D eigenvalue weighted by Gasteiger charge is 2.30. The fraction of sp³-hybridized carbons (Fsp3) is 0.231. The van der Waals surface area contributed by atoms with E-state index in [1.807, 2.05) is 0 Å². The number of ketones is 1. The minimum atomic E-state index is -0.534. The molecule has 1 aliphatic carbocycles. The molecule has 2 aromatic rings. The van der Waals surface area contributed by atoms with Crippen LogP contribution in [0.4, 0.5) is 5.69 Å². The Hall–Kier alpha value is -2.21. The van der Waals surface area contributed by atoms with Gasteiger partial charge in [-0.2, -0.15) is 0 Å². The number of rotatable bonds is 2. The van der Waals surface area contributed by atoms with Gasteiger partial charge in [-0.25, -0.2) is 0 Å². The molecule has 0 N–H and O–H groups in total. The number of carbonyl (C=O) groups is 1. The van der Waals surface area contributed by atoms with Gasteiger partial charge >= 0.3 is 0 Å². The SMILES string of the molecule is O=C1CCCc2noc(-c3cc(Cl)ccc3[N+](=O)[O-])c21. The van der Waals surface area contributed by atoms with Gasteiger partial charge in [-0.3, -0.25) is 14.9 Å². The van der Waals surface area contributed by atoms with E-state index in [4.69, 9.17) is 16.1 Å². The van der Waals surface area contributed by atoms with E-state index < -0.39 is 4.92 Å². The fourth-order valence-electron chi connectivity index (χ4n) is 2.36. The van der Waals surface area contributed by atoms with Gasteiger partial charge in [0, 0.05) is 17.5 Å². The summed E-state index contributed by atoms with van der Waals surface area (Å²) in [5.74, 6) is 0.0377. The molecule has 20 heavy (non-hydrogen) atoms. The molecule has 0 fully saturated rings. The van der Waals surface area contributed by atoms with Crippen molar-refractivity contribution in [1.29, 1.82) is 0 Å². The lowest BCUT2D eigenvalue weighted by molar-refractivity contribution is -0.384. The zero-order valence-corrected chi connectivity index (χ0v) is 11.0. The number of hydrogen-bond donors (Lipinski definition) is 0. The summed E-state index contributed by atoms with van der Waals surface area (Å²) >= 11 is 5.89. The van der Waals surface area contributed by atoms with E-state index in [0.717, 1.165) is 6.42 Å². The summed E-state index contributed by atoms with van der Waals surface area (Å²) in [7, 11) is 0. The van der Waals surface area contributed by atoms with Crippen molar-refractivity contribution in [3.63, 3.8) is 0 Å². The Morgan fingerprint density at radius 3 is 2.90 bits per heavy atom. The number of fused-ring (bicyclic) bond motifs is 1. The molecule has 3 rings (SSSR count). The summed E-state index contributed by atoms with van der Waals surface area (Å²) in [5, 5.41) is 15.3. The molecule has 0 saturated heterocycles. The molecule has 0 bridgehead atoms. The van der Waals surface area contributed by atoms with Crippen LogP contribution >= 0.6 is 11.6 Å². The van der Waals surface area contributed by atoms with Gasteiger partial charge in [0.25, 0.3) is 5.69 Å². The monoisotopic (exact) mass is 292 g/mol. The maximum atomic E-state index is 12.0.